The fraction of sp³-hybridized carbons (Fsp3) is 0.500. The Labute approximate surface area is 200 Å². The Morgan fingerprint density at radius 3 is 1.00 bits per heavy atom. The molecule has 0 saturated heterocycles. The maximum absolute atomic E-state index is 5.94. The van der Waals surface area contributed by atoms with Crippen molar-refractivity contribution in [3.63, 3.8) is 0 Å². The van der Waals surface area contributed by atoms with Crippen molar-refractivity contribution in [1.82, 2.24) is 0 Å². The van der Waals surface area contributed by atoms with Gasteiger partial charge >= 0.3 is 26.2 Å². The standard InChI is InChI=1S/2C10H17OSi.2ClH.Zr/c2*1-9(2)12(3,4)11-10-7-5-6-8-10;;;/h2*5-9H,1-4H3;2*1H;/q2*-1;;;+2/p-2. The average molecular weight is 525 g/mol. The molecule has 0 bridgehead atoms. The first kappa shape index (κ1) is 31.9. The van der Waals surface area contributed by atoms with Crippen molar-refractivity contribution in [3.8, 4) is 11.5 Å². The zero-order valence-corrected chi connectivity index (χ0v) is 23.8. The van der Waals surface area contributed by atoms with Gasteiger partial charge in [0.1, 0.15) is 0 Å². The van der Waals surface area contributed by atoms with Gasteiger partial charge < -0.3 is 33.7 Å². The van der Waals surface area contributed by atoms with Crippen molar-refractivity contribution in [2.75, 3.05) is 0 Å². The molecule has 0 unspecified atom stereocenters. The Morgan fingerprint density at radius 1 is 0.593 bits per heavy atom. The van der Waals surface area contributed by atoms with Crippen molar-refractivity contribution in [1.29, 1.82) is 0 Å². The molecule has 0 spiro atoms. The monoisotopic (exact) mass is 522 g/mol. The predicted octanol–water partition coefficient (Wildman–Crippen LogP) is 0.804. The molecule has 2 aromatic carbocycles. The second-order valence-corrected chi connectivity index (χ2v) is 17.1. The molecule has 0 heterocycles. The average Bonchev–Trinajstić information content (AvgIpc) is 3.12. The van der Waals surface area contributed by atoms with E-state index >= 15 is 0 Å². The van der Waals surface area contributed by atoms with Crippen LogP contribution in [0.15, 0.2) is 48.5 Å². The minimum atomic E-state index is -1.49. The minimum absolute atomic E-state index is 0. The number of halogens is 2. The van der Waals surface area contributed by atoms with Crippen LogP contribution in [-0.4, -0.2) is 16.6 Å². The number of hydrogen-bond donors (Lipinski definition) is 0. The molecular weight excluding hydrogens is 491 g/mol. The van der Waals surface area contributed by atoms with Gasteiger partial charge in [-0.3, -0.25) is 0 Å². The molecule has 0 saturated carbocycles. The molecule has 0 amide bonds. The van der Waals surface area contributed by atoms with Gasteiger partial charge in [0.05, 0.1) is 0 Å². The van der Waals surface area contributed by atoms with E-state index in [9.17, 15) is 0 Å². The Kier molecular flexibility index (Phi) is 16.8. The normalized spacial score (nSPS) is 10.7. The summed E-state index contributed by atoms with van der Waals surface area (Å²) in [5.41, 5.74) is 1.32. The van der Waals surface area contributed by atoms with Gasteiger partial charge in [-0.1, -0.05) is 27.7 Å². The molecule has 2 rings (SSSR count). The largest absolute Gasteiger partial charge is 2.00 e. The second-order valence-electron chi connectivity index (χ2n) is 7.96. The van der Waals surface area contributed by atoms with Gasteiger partial charge in [-0.2, -0.15) is 0 Å². The second kappa shape index (κ2) is 14.2. The molecule has 154 valence electrons. The molecule has 2 aromatic rings. The van der Waals surface area contributed by atoms with Crippen LogP contribution in [0.2, 0.25) is 37.3 Å². The molecule has 27 heavy (non-hydrogen) atoms. The topological polar surface area (TPSA) is 18.5 Å². The smallest absolute Gasteiger partial charge is 1.00 e. The van der Waals surface area contributed by atoms with Crippen molar-refractivity contribution >= 4 is 16.6 Å². The summed E-state index contributed by atoms with van der Waals surface area (Å²) in [5.74, 6) is 2.06. The van der Waals surface area contributed by atoms with Crippen LogP contribution < -0.4 is 33.7 Å². The number of rotatable bonds is 6. The number of hydrogen-bond acceptors (Lipinski definition) is 2. The summed E-state index contributed by atoms with van der Waals surface area (Å²) in [7, 11) is -2.97. The third kappa shape index (κ3) is 11.7. The van der Waals surface area contributed by atoms with E-state index in [-0.39, 0.29) is 51.0 Å². The van der Waals surface area contributed by atoms with Gasteiger partial charge in [0.2, 0.25) is 16.6 Å². The zero-order chi connectivity index (χ0) is 18.4. The maximum Gasteiger partial charge on any atom is 2.00 e. The van der Waals surface area contributed by atoms with Crippen LogP contribution in [0, 0.1) is 0 Å². The molecule has 0 N–H and O–H groups in total. The van der Waals surface area contributed by atoms with Crippen LogP contribution in [0.1, 0.15) is 27.7 Å². The molecule has 2 nitrogen and oxygen atoms in total. The minimum Gasteiger partial charge on any atom is -1.00 e. The van der Waals surface area contributed by atoms with E-state index in [1.165, 1.54) is 0 Å². The Morgan fingerprint density at radius 2 is 0.815 bits per heavy atom. The van der Waals surface area contributed by atoms with E-state index < -0.39 is 16.6 Å². The Bertz CT molecular complexity index is 517. The van der Waals surface area contributed by atoms with Gasteiger partial charge in [-0.15, -0.1) is 24.3 Å². The van der Waals surface area contributed by atoms with Gasteiger partial charge in [0, 0.05) is 0 Å². The summed E-state index contributed by atoms with van der Waals surface area (Å²) < 4.78 is 11.9. The summed E-state index contributed by atoms with van der Waals surface area (Å²) >= 11 is 0. The van der Waals surface area contributed by atoms with Crippen LogP contribution in [0.4, 0.5) is 0 Å². The van der Waals surface area contributed by atoms with E-state index in [0.717, 1.165) is 11.5 Å². The summed E-state index contributed by atoms with van der Waals surface area (Å²) in [6, 6.07) is 16.2. The Balaban J connectivity index is -0.000000384. The third-order valence-electron chi connectivity index (χ3n) is 4.81. The maximum atomic E-state index is 5.94. The Hall–Kier alpha value is 0.197. The van der Waals surface area contributed by atoms with E-state index in [2.05, 4.69) is 53.9 Å². The fourth-order valence-electron chi connectivity index (χ4n) is 1.69. The van der Waals surface area contributed by atoms with Gasteiger partial charge in [0.15, 0.2) is 0 Å². The summed E-state index contributed by atoms with van der Waals surface area (Å²) in [4.78, 5) is 0. The molecule has 0 aliphatic heterocycles. The molecule has 0 fully saturated rings. The fourth-order valence-corrected chi connectivity index (χ4v) is 3.65. The van der Waals surface area contributed by atoms with Crippen LogP contribution >= 0.6 is 0 Å². The molecular formula is C20H34Cl2O2Si2Zr-2. The zero-order valence-electron chi connectivity index (χ0n) is 17.8. The van der Waals surface area contributed by atoms with E-state index in [1.807, 2.05) is 48.5 Å². The van der Waals surface area contributed by atoms with Crippen molar-refractivity contribution in [2.24, 2.45) is 0 Å². The van der Waals surface area contributed by atoms with E-state index in [4.69, 9.17) is 8.85 Å². The summed E-state index contributed by atoms with van der Waals surface area (Å²) in [6.07, 6.45) is 0. The first-order valence-electron chi connectivity index (χ1n) is 8.86. The summed E-state index contributed by atoms with van der Waals surface area (Å²) in [5, 5.41) is 0. The molecule has 7 heteroatoms. The molecule has 0 aliphatic rings. The van der Waals surface area contributed by atoms with Gasteiger partial charge in [-0.05, 0) is 48.8 Å². The molecule has 0 aromatic heterocycles. The van der Waals surface area contributed by atoms with Crippen LogP contribution in [0.25, 0.3) is 0 Å². The molecule has 0 aliphatic carbocycles. The summed E-state index contributed by atoms with van der Waals surface area (Å²) in [6.45, 7) is 17.9. The predicted molar refractivity (Wildman–Crippen MR) is 110 cm³/mol. The van der Waals surface area contributed by atoms with Crippen LogP contribution in [0.3, 0.4) is 0 Å². The van der Waals surface area contributed by atoms with Crippen molar-refractivity contribution in [2.45, 2.75) is 65.0 Å². The first-order chi connectivity index (χ1) is 11.0. The third-order valence-corrected chi connectivity index (χ3v) is 11.9. The van der Waals surface area contributed by atoms with Gasteiger partial charge in [-0.25, -0.2) is 24.3 Å². The quantitative estimate of drug-likeness (QED) is 0.411. The van der Waals surface area contributed by atoms with E-state index in [1.54, 1.807) is 0 Å². The van der Waals surface area contributed by atoms with Crippen LogP contribution in [0.5, 0.6) is 11.5 Å². The van der Waals surface area contributed by atoms with Crippen molar-refractivity contribution < 1.29 is 59.9 Å². The SMILES string of the molecule is CC(C)[Si](C)(C)O[c-]1cccc1.CC(C)[Si](C)(C)O[c-]1cccc1.[Cl-].[Cl-].[Zr+2]. The molecule has 0 radical (unpaired) electrons. The van der Waals surface area contributed by atoms with Gasteiger partial charge in [0.25, 0.3) is 0 Å². The molecule has 0 atom stereocenters. The van der Waals surface area contributed by atoms with E-state index in [0.29, 0.717) is 11.1 Å². The van der Waals surface area contributed by atoms with Crippen LogP contribution in [-0.2, 0) is 26.2 Å². The first-order valence-corrected chi connectivity index (χ1v) is 14.8. The van der Waals surface area contributed by atoms with Crippen molar-refractivity contribution in [3.05, 3.63) is 48.5 Å².